The Hall–Kier alpha value is -0.170. The van der Waals surface area contributed by atoms with Crippen molar-refractivity contribution < 1.29 is 8.42 Å². The Balaban J connectivity index is 2.57. The maximum atomic E-state index is 12.1. The first-order valence-electron chi connectivity index (χ1n) is 6.17. The highest BCUT2D eigenvalue weighted by atomic mass is 32.2. The van der Waals surface area contributed by atoms with Crippen LogP contribution in [0.2, 0.25) is 0 Å². The SMILES string of the molecule is CNCCCS(=O)(=O)N1CC(C)C(N(C)C)C1. The minimum Gasteiger partial charge on any atom is -0.320 e. The summed E-state index contributed by atoms with van der Waals surface area (Å²) in [5.41, 5.74) is 0. The molecule has 0 aromatic rings. The fourth-order valence-corrected chi connectivity index (χ4v) is 3.98. The monoisotopic (exact) mass is 263 g/mol. The molecular formula is C11H25N3O2S. The summed E-state index contributed by atoms with van der Waals surface area (Å²) in [6, 6.07) is 0.342. The van der Waals surface area contributed by atoms with E-state index in [1.54, 1.807) is 4.31 Å². The van der Waals surface area contributed by atoms with Gasteiger partial charge in [0.1, 0.15) is 0 Å². The first-order chi connectivity index (χ1) is 7.88. The molecule has 1 aliphatic rings. The maximum absolute atomic E-state index is 12.1. The highest BCUT2D eigenvalue weighted by molar-refractivity contribution is 7.89. The van der Waals surface area contributed by atoms with Gasteiger partial charge in [-0.2, -0.15) is 0 Å². The fraction of sp³-hybridized carbons (Fsp3) is 1.00. The van der Waals surface area contributed by atoms with Crippen LogP contribution in [0.4, 0.5) is 0 Å². The van der Waals surface area contributed by atoms with Crippen LogP contribution in [0.15, 0.2) is 0 Å². The molecule has 1 N–H and O–H groups in total. The molecule has 1 fully saturated rings. The second-order valence-electron chi connectivity index (χ2n) is 5.10. The van der Waals surface area contributed by atoms with Crippen LogP contribution in [0.3, 0.4) is 0 Å². The number of hydrogen-bond acceptors (Lipinski definition) is 4. The van der Waals surface area contributed by atoms with Crippen molar-refractivity contribution in [1.29, 1.82) is 0 Å². The van der Waals surface area contributed by atoms with Gasteiger partial charge in [-0.25, -0.2) is 12.7 Å². The van der Waals surface area contributed by atoms with Crippen LogP contribution < -0.4 is 5.32 Å². The fourth-order valence-electron chi connectivity index (χ4n) is 2.37. The number of hydrogen-bond donors (Lipinski definition) is 1. The summed E-state index contributed by atoms with van der Waals surface area (Å²) in [5, 5.41) is 2.98. The first kappa shape index (κ1) is 14.9. The van der Waals surface area contributed by atoms with E-state index in [9.17, 15) is 8.42 Å². The van der Waals surface area contributed by atoms with E-state index in [-0.39, 0.29) is 5.75 Å². The Morgan fingerprint density at radius 1 is 1.35 bits per heavy atom. The van der Waals surface area contributed by atoms with E-state index in [0.29, 0.717) is 31.5 Å². The van der Waals surface area contributed by atoms with Crippen LogP contribution in [0.5, 0.6) is 0 Å². The zero-order valence-corrected chi connectivity index (χ0v) is 12.1. The predicted octanol–water partition coefficient (Wildman–Crippen LogP) is -0.192. The van der Waals surface area contributed by atoms with Crippen LogP contribution in [0.1, 0.15) is 13.3 Å². The van der Waals surface area contributed by atoms with Crippen LogP contribution in [0.25, 0.3) is 0 Å². The average Bonchev–Trinajstić information content (AvgIpc) is 2.61. The minimum atomic E-state index is -3.06. The molecule has 0 saturated carbocycles. The van der Waals surface area contributed by atoms with Crippen molar-refractivity contribution in [3.63, 3.8) is 0 Å². The van der Waals surface area contributed by atoms with Crippen LogP contribution in [-0.4, -0.2) is 70.2 Å². The molecule has 0 bridgehead atoms. The molecule has 0 amide bonds. The number of nitrogens with one attached hydrogen (secondary N) is 1. The molecule has 0 aliphatic carbocycles. The van der Waals surface area contributed by atoms with Gasteiger partial charge in [-0.3, -0.25) is 0 Å². The lowest BCUT2D eigenvalue weighted by Crippen LogP contribution is -2.36. The van der Waals surface area contributed by atoms with E-state index < -0.39 is 10.0 Å². The lowest BCUT2D eigenvalue weighted by molar-refractivity contribution is 0.263. The summed E-state index contributed by atoms with van der Waals surface area (Å²) in [4.78, 5) is 2.12. The van der Waals surface area contributed by atoms with Crippen LogP contribution >= 0.6 is 0 Å². The van der Waals surface area contributed by atoms with Crippen molar-refractivity contribution in [3.05, 3.63) is 0 Å². The second-order valence-corrected chi connectivity index (χ2v) is 7.19. The molecule has 0 radical (unpaired) electrons. The summed E-state index contributed by atoms with van der Waals surface area (Å²) in [5.74, 6) is 0.657. The summed E-state index contributed by atoms with van der Waals surface area (Å²) in [6.45, 7) is 4.16. The Labute approximate surface area is 105 Å². The van der Waals surface area contributed by atoms with Crippen LogP contribution in [0, 0.1) is 5.92 Å². The van der Waals surface area contributed by atoms with Gasteiger partial charge in [0.25, 0.3) is 0 Å². The van der Waals surface area contributed by atoms with E-state index >= 15 is 0 Å². The standard InChI is InChI=1S/C11H25N3O2S/c1-10-8-14(9-11(10)13(3)4)17(15,16)7-5-6-12-2/h10-12H,5-9H2,1-4H3. The third kappa shape index (κ3) is 3.91. The molecule has 102 valence electrons. The summed E-state index contributed by atoms with van der Waals surface area (Å²) in [7, 11) is 2.80. The Kier molecular flexibility index (Phi) is 5.37. The van der Waals surface area contributed by atoms with Gasteiger partial charge in [-0.05, 0) is 40.0 Å². The lowest BCUT2D eigenvalue weighted by Gasteiger charge is -2.22. The molecule has 0 spiro atoms. The van der Waals surface area contributed by atoms with Crippen molar-refractivity contribution >= 4 is 10.0 Å². The van der Waals surface area contributed by atoms with Crippen molar-refractivity contribution in [2.24, 2.45) is 5.92 Å². The van der Waals surface area contributed by atoms with Gasteiger partial charge in [-0.15, -0.1) is 0 Å². The Morgan fingerprint density at radius 3 is 2.47 bits per heavy atom. The quantitative estimate of drug-likeness (QED) is 0.675. The molecule has 6 heteroatoms. The molecule has 1 rings (SSSR count). The third-order valence-corrected chi connectivity index (χ3v) is 5.31. The van der Waals surface area contributed by atoms with Crippen molar-refractivity contribution in [3.8, 4) is 0 Å². The van der Waals surface area contributed by atoms with Gasteiger partial charge in [0, 0.05) is 19.1 Å². The maximum Gasteiger partial charge on any atom is 0.214 e. The van der Waals surface area contributed by atoms with Gasteiger partial charge < -0.3 is 10.2 Å². The Bertz CT molecular complexity index is 330. The van der Waals surface area contributed by atoms with Crippen molar-refractivity contribution in [1.82, 2.24) is 14.5 Å². The highest BCUT2D eigenvalue weighted by Crippen LogP contribution is 2.22. The number of rotatable bonds is 6. The van der Waals surface area contributed by atoms with E-state index in [0.717, 1.165) is 6.54 Å². The van der Waals surface area contributed by atoms with Gasteiger partial charge >= 0.3 is 0 Å². The normalized spacial score (nSPS) is 26.9. The molecule has 0 aromatic carbocycles. The molecule has 17 heavy (non-hydrogen) atoms. The molecule has 1 aliphatic heterocycles. The topological polar surface area (TPSA) is 52.7 Å². The van der Waals surface area contributed by atoms with Crippen molar-refractivity contribution in [2.45, 2.75) is 19.4 Å². The Morgan fingerprint density at radius 2 is 2.00 bits per heavy atom. The first-order valence-corrected chi connectivity index (χ1v) is 7.78. The van der Waals surface area contributed by atoms with Gasteiger partial charge in [0.05, 0.1) is 5.75 Å². The zero-order chi connectivity index (χ0) is 13.1. The predicted molar refractivity (Wildman–Crippen MR) is 70.5 cm³/mol. The van der Waals surface area contributed by atoms with E-state index in [1.807, 2.05) is 21.1 Å². The smallest absolute Gasteiger partial charge is 0.214 e. The average molecular weight is 263 g/mol. The summed E-state index contributed by atoms with van der Waals surface area (Å²) < 4.78 is 25.9. The molecule has 1 saturated heterocycles. The number of sulfonamides is 1. The summed E-state index contributed by atoms with van der Waals surface area (Å²) >= 11 is 0. The summed E-state index contributed by atoms with van der Waals surface area (Å²) in [6.07, 6.45) is 0.677. The molecular weight excluding hydrogens is 238 g/mol. The molecule has 0 aromatic heterocycles. The van der Waals surface area contributed by atoms with E-state index in [4.69, 9.17) is 0 Å². The van der Waals surface area contributed by atoms with Gasteiger partial charge in [-0.1, -0.05) is 6.92 Å². The minimum absolute atomic E-state index is 0.251. The van der Waals surface area contributed by atoms with Gasteiger partial charge in [0.15, 0.2) is 0 Å². The van der Waals surface area contributed by atoms with Crippen LogP contribution in [-0.2, 0) is 10.0 Å². The second kappa shape index (κ2) is 6.13. The molecule has 2 unspecified atom stereocenters. The molecule has 5 nitrogen and oxygen atoms in total. The van der Waals surface area contributed by atoms with E-state index in [1.165, 1.54) is 0 Å². The largest absolute Gasteiger partial charge is 0.320 e. The number of nitrogens with zero attached hydrogens (tertiary/aromatic N) is 2. The third-order valence-electron chi connectivity index (χ3n) is 3.42. The van der Waals surface area contributed by atoms with Crippen molar-refractivity contribution in [2.75, 3.05) is 46.5 Å². The zero-order valence-electron chi connectivity index (χ0n) is 11.3. The lowest BCUT2D eigenvalue weighted by atomic mass is 10.1. The highest BCUT2D eigenvalue weighted by Gasteiger charge is 2.36. The van der Waals surface area contributed by atoms with E-state index in [2.05, 4.69) is 17.1 Å². The molecule has 2 atom stereocenters. The number of likely N-dealkylation sites (N-methyl/N-ethyl adjacent to an activating group) is 1. The van der Waals surface area contributed by atoms with Gasteiger partial charge in [0.2, 0.25) is 10.0 Å². The molecule has 1 heterocycles.